The Morgan fingerprint density at radius 2 is 1.60 bits per heavy atom. The second-order valence-electron chi connectivity index (χ2n) is 9.24. The normalized spacial score (nSPS) is 12.1. The minimum atomic E-state index is -4.23. The fourth-order valence-corrected chi connectivity index (χ4v) is 6.03. The van der Waals surface area contributed by atoms with E-state index < -0.39 is 34.4 Å². The third-order valence-corrected chi connectivity index (χ3v) is 8.66. The summed E-state index contributed by atoms with van der Waals surface area (Å²) < 4.78 is 33.8. The Hall–Kier alpha value is -2.98. The lowest BCUT2D eigenvalue weighted by molar-refractivity contribution is -0.139. The first-order chi connectivity index (χ1) is 18.8. The maximum Gasteiger partial charge on any atom is 0.264 e. The average molecular weight is 627 g/mol. The number of methoxy groups -OCH3 is 1. The smallest absolute Gasteiger partial charge is 0.264 e. The van der Waals surface area contributed by atoms with Crippen LogP contribution in [0, 0.1) is 0 Å². The molecule has 214 valence electrons. The molecule has 0 aliphatic carbocycles. The second kappa shape index (κ2) is 13.6. The van der Waals surface area contributed by atoms with Crippen LogP contribution in [0.2, 0.25) is 15.1 Å². The summed E-state index contributed by atoms with van der Waals surface area (Å²) in [6.45, 7) is 4.48. The molecule has 0 unspecified atom stereocenters. The third-order valence-electron chi connectivity index (χ3n) is 5.99. The number of anilines is 1. The van der Waals surface area contributed by atoms with E-state index in [2.05, 4.69) is 5.32 Å². The van der Waals surface area contributed by atoms with Gasteiger partial charge in [-0.25, -0.2) is 8.42 Å². The molecule has 0 heterocycles. The molecule has 0 saturated carbocycles. The number of amides is 2. The molecule has 0 saturated heterocycles. The fourth-order valence-electron chi connectivity index (χ4n) is 3.88. The number of carbonyl (C=O) groups excluding carboxylic acids is 2. The van der Waals surface area contributed by atoms with Crippen LogP contribution in [0.5, 0.6) is 5.75 Å². The maximum absolute atomic E-state index is 13.9. The van der Waals surface area contributed by atoms with Gasteiger partial charge in [-0.1, -0.05) is 59.1 Å². The lowest BCUT2D eigenvalue weighted by Gasteiger charge is -2.32. The predicted octanol–water partition coefficient (Wildman–Crippen LogP) is 5.79. The molecule has 0 spiro atoms. The van der Waals surface area contributed by atoms with Gasteiger partial charge in [0.1, 0.15) is 18.3 Å². The summed E-state index contributed by atoms with van der Waals surface area (Å²) in [7, 11) is -2.79. The van der Waals surface area contributed by atoms with Gasteiger partial charge in [0.25, 0.3) is 10.0 Å². The van der Waals surface area contributed by atoms with E-state index in [9.17, 15) is 18.0 Å². The Labute approximate surface area is 249 Å². The maximum atomic E-state index is 13.9. The van der Waals surface area contributed by atoms with E-state index in [1.807, 2.05) is 0 Å². The molecule has 3 rings (SSSR count). The van der Waals surface area contributed by atoms with E-state index in [1.165, 1.54) is 48.4 Å². The highest BCUT2D eigenvalue weighted by Gasteiger charge is 2.33. The van der Waals surface area contributed by atoms with Crippen molar-refractivity contribution in [2.24, 2.45) is 0 Å². The molecule has 1 atom stereocenters. The number of nitrogens with one attached hydrogen (secondary N) is 1. The first-order valence-electron chi connectivity index (χ1n) is 12.3. The van der Waals surface area contributed by atoms with E-state index >= 15 is 0 Å². The number of rotatable bonds is 11. The Morgan fingerprint density at radius 3 is 2.17 bits per heavy atom. The van der Waals surface area contributed by atoms with Crippen molar-refractivity contribution in [3.05, 3.63) is 87.4 Å². The highest BCUT2D eigenvalue weighted by Crippen LogP contribution is 2.32. The number of halogens is 3. The number of benzene rings is 3. The minimum absolute atomic E-state index is 0.0207. The van der Waals surface area contributed by atoms with Gasteiger partial charge in [0, 0.05) is 22.6 Å². The fraction of sp³-hybridized carbons (Fsp3) is 0.286. The van der Waals surface area contributed by atoms with Crippen LogP contribution in [0.3, 0.4) is 0 Å². The molecule has 1 N–H and O–H groups in total. The summed E-state index contributed by atoms with van der Waals surface area (Å²) >= 11 is 18.8. The molecule has 40 heavy (non-hydrogen) atoms. The second-order valence-corrected chi connectivity index (χ2v) is 12.4. The quantitative estimate of drug-likeness (QED) is 0.291. The predicted molar refractivity (Wildman–Crippen MR) is 159 cm³/mol. The van der Waals surface area contributed by atoms with Gasteiger partial charge in [-0.3, -0.25) is 13.9 Å². The van der Waals surface area contributed by atoms with E-state index in [0.717, 1.165) is 4.31 Å². The van der Waals surface area contributed by atoms with Gasteiger partial charge in [0.2, 0.25) is 11.8 Å². The molecule has 0 radical (unpaired) electrons. The van der Waals surface area contributed by atoms with Crippen LogP contribution in [0.25, 0.3) is 0 Å². The van der Waals surface area contributed by atoms with Crippen LogP contribution in [0.1, 0.15) is 26.3 Å². The topological polar surface area (TPSA) is 96.0 Å². The summed E-state index contributed by atoms with van der Waals surface area (Å²) in [5.74, 6) is -0.700. The van der Waals surface area contributed by atoms with Crippen molar-refractivity contribution in [3.8, 4) is 5.75 Å². The van der Waals surface area contributed by atoms with Crippen molar-refractivity contribution in [2.75, 3.05) is 18.0 Å². The summed E-state index contributed by atoms with van der Waals surface area (Å²) in [6.07, 6.45) is 0. The van der Waals surface area contributed by atoms with Crippen molar-refractivity contribution < 1.29 is 22.7 Å². The van der Waals surface area contributed by atoms with Crippen molar-refractivity contribution in [1.82, 2.24) is 10.2 Å². The van der Waals surface area contributed by atoms with Crippen LogP contribution >= 0.6 is 34.8 Å². The SMILES string of the molecule is COc1ccc(N(CC(=O)N(Cc2ccc(Cl)cc2Cl)[C@H](C)C(=O)NC(C)C)S(=O)(=O)c2ccccc2)cc1Cl. The molecular formula is C28H30Cl3N3O5S. The summed E-state index contributed by atoms with van der Waals surface area (Å²) in [5.41, 5.74) is 0.681. The molecule has 0 bridgehead atoms. The monoisotopic (exact) mass is 625 g/mol. The van der Waals surface area contributed by atoms with Gasteiger partial charge in [0.05, 0.1) is 22.7 Å². The Morgan fingerprint density at radius 1 is 0.925 bits per heavy atom. The zero-order valence-electron chi connectivity index (χ0n) is 22.4. The van der Waals surface area contributed by atoms with E-state index in [1.54, 1.807) is 51.1 Å². The van der Waals surface area contributed by atoms with Crippen molar-refractivity contribution in [1.29, 1.82) is 0 Å². The number of sulfonamides is 1. The summed E-state index contributed by atoms with van der Waals surface area (Å²) in [4.78, 5) is 28.2. The highest BCUT2D eigenvalue weighted by molar-refractivity contribution is 7.92. The lowest BCUT2D eigenvalue weighted by Crippen LogP contribution is -2.52. The van der Waals surface area contributed by atoms with Crippen LogP contribution < -0.4 is 14.4 Å². The number of hydrogen-bond donors (Lipinski definition) is 1. The lowest BCUT2D eigenvalue weighted by atomic mass is 10.1. The molecular weight excluding hydrogens is 597 g/mol. The van der Waals surface area contributed by atoms with Crippen LogP contribution in [0.15, 0.2) is 71.6 Å². The zero-order valence-corrected chi connectivity index (χ0v) is 25.5. The van der Waals surface area contributed by atoms with Gasteiger partial charge in [0.15, 0.2) is 0 Å². The summed E-state index contributed by atoms with van der Waals surface area (Å²) in [5, 5.41) is 3.67. The van der Waals surface area contributed by atoms with Crippen LogP contribution in [0.4, 0.5) is 5.69 Å². The molecule has 3 aromatic carbocycles. The molecule has 2 amide bonds. The van der Waals surface area contributed by atoms with Crippen LogP contribution in [-0.2, 0) is 26.2 Å². The minimum Gasteiger partial charge on any atom is -0.495 e. The Kier molecular flexibility index (Phi) is 10.7. The van der Waals surface area contributed by atoms with Gasteiger partial charge >= 0.3 is 0 Å². The molecule has 0 aliphatic heterocycles. The number of ether oxygens (including phenoxy) is 1. The highest BCUT2D eigenvalue weighted by atomic mass is 35.5. The largest absolute Gasteiger partial charge is 0.495 e. The van der Waals surface area contributed by atoms with E-state index in [-0.39, 0.29) is 28.2 Å². The average Bonchev–Trinajstić information content (AvgIpc) is 2.90. The standard InChI is InChI=1S/C28H30Cl3N3O5S/c1-18(2)32-28(36)19(3)33(16-20-10-11-21(29)14-24(20)30)27(35)17-34(22-12-13-26(39-4)25(31)15-22)40(37,38)23-8-6-5-7-9-23/h5-15,18-19H,16-17H2,1-4H3,(H,32,36)/t19-/m1/s1. The molecule has 0 aliphatic rings. The van der Waals surface area contributed by atoms with Crippen molar-refractivity contribution in [3.63, 3.8) is 0 Å². The number of hydrogen-bond acceptors (Lipinski definition) is 5. The zero-order chi connectivity index (χ0) is 29.6. The number of carbonyl (C=O) groups is 2. The van der Waals surface area contributed by atoms with Crippen molar-refractivity contribution in [2.45, 2.75) is 44.3 Å². The van der Waals surface area contributed by atoms with Crippen molar-refractivity contribution >= 4 is 62.3 Å². The molecule has 12 heteroatoms. The van der Waals surface area contributed by atoms with Gasteiger partial charge in [-0.05, 0) is 68.8 Å². The Balaban J connectivity index is 2.08. The third kappa shape index (κ3) is 7.60. The first-order valence-corrected chi connectivity index (χ1v) is 14.9. The van der Waals surface area contributed by atoms with Gasteiger partial charge in [-0.2, -0.15) is 0 Å². The molecule has 8 nitrogen and oxygen atoms in total. The van der Waals surface area contributed by atoms with Crippen LogP contribution in [-0.4, -0.2) is 50.9 Å². The van der Waals surface area contributed by atoms with E-state index in [4.69, 9.17) is 39.5 Å². The molecule has 0 fully saturated rings. The molecule has 0 aromatic heterocycles. The van der Waals surface area contributed by atoms with Gasteiger partial charge < -0.3 is 15.0 Å². The Bertz CT molecular complexity index is 1470. The number of nitrogens with zero attached hydrogens (tertiary/aromatic N) is 2. The summed E-state index contributed by atoms with van der Waals surface area (Å²) in [6, 6.07) is 15.8. The van der Waals surface area contributed by atoms with E-state index in [0.29, 0.717) is 21.4 Å². The first kappa shape index (κ1) is 31.5. The molecule has 3 aromatic rings. The van der Waals surface area contributed by atoms with Gasteiger partial charge in [-0.15, -0.1) is 0 Å².